The second-order valence-electron chi connectivity index (χ2n) is 3.50. The fraction of sp³-hybridized carbons (Fsp3) is 0.273. The molecule has 0 atom stereocenters. The van der Waals surface area contributed by atoms with Crippen LogP contribution in [0.4, 0.5) is 10.5 Å². The molecule has 2 rings (SSSR count). The number of phenols is 1. The molecular formula is C11H12N2O3. The van der Waals surface area contributed by atoms with Gasteiger partial charge in [-0.05, 0) is 19.1 Å². The number of hydrogen-bond acceptors (Lipinski definition) is 3. The number of imide groups is 1. The number of anilines is 1. The van der Waals surface area contributed by atoms with E-state index >= 15 is 0 Å². The quantitative estimate of drug-likeness (QED) is 0.761. The molecule has 1 N–H and O–H groups in total. The minimum Gasteiger partial charge on any atom is -0.506 e. The summed E-state index contributed by atoms with van der Waals surface area (Å²) in [6.45, 7) is 2.08. The van der Waals surface area contributed by atoms with Crippen molar-refractivity contribution < 1.29 is 14.7 Å². The van der Waals surface area contributed by atoms with Gasteiger partial charge in [0.15, 0.2) is 0 Å². The Hall–Kier alpha value is -2.04. The lowest BCUT2D eigenvalue weighted by atomic mass is 10.3. The first-order chi connectivity index (χ1) is 7.65. The zero-order chi connectivity index (χ0) is 11.7. The van der Waals surface area contributed by atoms with Gasteiger partial charge in [0.05, 0.1) is 5.69 Å². The van der Waals surface area contributed by atoms with Crippen molar-refractivity contribution in [3.05, 3.63) is 24.3 Å². The topological polar surface area (TPSA) is 60.9 Å². The van der Waals surface area contributed by atoms with Crippen LogP contribution in [0, 0.1) is 0 Å². The summed E-state index contributed by atoms with van der Waals surface area (Å²) >= 11 is 0. The number of phenolic OH excluding ortho intramolecular Hbond substituents is 1. The highest BCUT2D eigenvalue weighted by Crippen LogP contribution is 2.29. The molecule has 0 radical (unpaired) electrons. The third-order valence-electron chi connectivity index (χ3n) is 2.54. The van der Waals surface area contributed by atoms with Crippen molar-refractivity contribution in [2.75, 3.05) is 18.0 Å². The van der Waals surface area contributed by atoms with E-state index in [-0.39, 0.29) is 24.2 Å². The minimum atomic E-state index is -0.381. The zero-order valence-corrected chi connectivity index (χ0v) is 8.88. The molecule has 0 aliphatic carbocycles. The standard InChI is InChI=1S/C11H12N2O3/c1-2-12-10(15)7-13(11(12)16)8-5-3-4-6-9(8)14/h3-6,14H,2,7H2,1H3. The van der Waals surface area contributed by atoms with Crippen molar-refractivity contribution in [1.29, 1.82) is 0 Å². The molecule has 1 aromatic carbocycles. The summed E-state index contributed by atoms with van der Waals surface area (Å²) in [6, 6.07) is 6.09. The predicted octanol–water partition coefficient (Wildman–Crippen LogP) is 1.18. The third kappa shape index (κ3) is 1.50. The number of rotatable bonds is 2. The van der Waals surface area contributed by atoms with E-state index in [1.54, 1.807) is 25.1 Å². The number of amides is 3. The molecule has 0 unspecified atom stereocenters. The highest BCUT2D eigenvalue weighted by atomic mass is 16.3. The van der Waals surface area contributed by atoms with Gasteiger partial charge in [-0.1, -0.05) is 12.1 Å². The molecule has 1 fully saturated rings. The average Bonchev–Trinajstić information content (AvgIpc) is 2.55. The Morgan fingerprint density at radius 2 is 2.00 bits per heavy atom. The Balaban J connectivity index is 2.34. The summed E-state index contributed by atoms with van der Waals surface area (Å²) in [7, 11) is 0. The molecule has 1 aromatic rings. The zero-order valence-electron chi connectivity index (χ0n) is 8.88. The highest BCUT2D eigenvalue weighted by molar-refractivity contribution is 6.12. The molecule has 1 heterocycles. The van der Waals surface area contributed by atoms with Crippen LogP contribution in [0.25, 0.3) is 0 Å². The van der Waals surface area contributed by atoms with Gasteiger partial charge in [0.25, 0.3) is 5.91 Å². The van der Waals surface area contributed by atoms with Crippen molar-refractivity contribution in [3.63, 3.8) is 0 Å². The highest BCUT2D eigenvalue weighted by Gasteiger charge is 2.36. The normalized spacial score (nSPS) is 16.1. The fourth-order valence-electron chi connectivity index (χ4n) is 1.73. The minimum absolute atomic E-state index is 0.00148. The van der Waals surface area contributed by atoms with Crippen LogP contribution in [-0.4, -0.2) is 35.0 Å². The van der Waals surface area contributed by atoms with E-state index in [0.29, 0.717) is 12.2 Å². The maximum Gasteiger partial charge on any atom is 0.331 e. The Bertz CT molecular complexity index is 445. The van der Waals surface area contributed by atoms with Gasteiger partial charge in [-0.3, -0.25) is 14.6 Å². The maximum atomic E-state index is 11.8. The summed E-state index contributed by atoms with van der Waals surface area (Å²) in [5.41, 5.74) is 0.372. The number of carbonyl (C=O) groups is 2. The van der Waals surface area contributed by atoms with E-state index in [0.717, 1.165) is 4.90 Å². The average molecular weight is 220 g/mol. The van der Waals surface area contributed by atoms with Crippen LogP contribution in [-0.2, 0) is 4.79 Å². The molecule has 0 spiro atoms. The van der Waals surface area contributed by atoms with E-state index < -0.39 is 0 Å². The number of carbonyl (C=O) groups excluding carboxylic acids is 2. The largest absolute Gasteiger partial charge is 0.506 e. The van der Waals surface area contributed by atoms with E-state index in [9.17, 15) is 14.7 Å². The van der Waals surface area contributed by atoms with Crippen molar-refractivity contribution in [3.8, 4) is 5.75 Å². The number of benzene rings is 1. The molecule has 1 aliphatic rings. The molecule has 3 amide bonds. The molecule has 5 nitrogen and oxygen atoms in total. The molecule has 1 saturated heterocycles. The second kappa shape index (κ2) is 3.84. The third-order valence-corrected chi connectivity index (χ3v) is 2.54. The van der Waals surface area contributed by atoms with Crippen LogP contribution in [0.5, 0.6) is 5.75 Å². The van der Waals surface area contributed by atoms with Crippen LogP contribution in [0.1, 0.15) is 6.92 Å². The van der Waals surface area contributed by atoms with Crippen molar-refractivity contribution in [2.24, 2.45) is 0 Å². The summed E-state index contributed by atoms with van der Waals surface area (Å²) < 4.78 is 0. The second-order valence-corrected chi connectivity index (χ2v) is 3.50. The molecule has 0 saturated carbocycles. The number of urea groups is 1. The van der Waals surface area contributed by atoms with Crippen LogP contribution in [0.15, 0.2) is 24.3 Å². The van der Waals surface area contributed by atoms with Crippen LogP contribution >= 0.6 is 0 Å². The van der Waals surface area contributed by atoms with E-state index in [2.05, 4.69) is 0 Å². The van der Waals surface area contributed by atoms with Gasteiger partial charge >= 0.3 is 6.03 Å². The van der Waals surface area contributed by atoms with Crippen LogP contribution in [0.2, 0.25) is 0 Å². The van der Waals surface area contributed by atoms with Gasteiger partial charge in [0, 0.05) is 6.54 Å². The van der Waals surface area contributed by atoms with Gasteiger partial charge in [-0.2, -0.15) is 0 Å². The van der Waals surface area contributed by atoms with Gasteiger partial charge < -0.3 is 5.11 Å². The van der Waals surface area contributed by atoms with Gasteiger partial charge in [0.2, 0.25) is 0 Å². The molecule has 84 valence electrons. The smallest absolute Gasteiger partial charge is 0.331 e. The summed E-state index contributed by atoms with van der Waals surface area (Å²) in [5, 5.41) is 9.61. The monoisotopic (exact) mass is 220 g/mol. The van der Waals surface area contributed by atoms with Gasteiger partial charge in [0.1, 0.15) is 12.3 Å². The Kier molecular flexibility index (Phi) is 2.52. The lowest BCUT2D eigenvalue weighted by Crippen LogP contribution is -2.32. The van der Waals surface area contributed by atoms with Crippen molar-refractivity contribution in [1.82, 2.24) is 4.90 Å². The van der Waals surface area contributed by atoms with E-state index in [4.69, 9.17) is 0 Å². The molecule has 16 heavy (non-hydrogen) atoms. The first-order valence-electron chi connectivity index (χ1n) is 5.05. The number of para-hydroxylation sites is 2. The van der Waals surface area contributed by atoms with Crippen LogP contribution < -0.4 is 4.90 Å². The summed E-state index contributed by atoms with van der Waals surface area (Å²) in [4.78, 5) is 25.8. The Morgan fingerprint density at radius 1 is 1.31 bits per heavy atom. The molecule has 1 aliphatic heterocycles. The number of aromatic hydroxyl groups is 1. The van der Waals surface area contributed by atoms with Crippen LogP contribution in [0.3, 0.4) is 0 Å². The number of nitrogens with zero attached hydrogens (tertiary/aromatic N) is 2. The van der Waals surface area contributed by atoms with Crippen molar-refractivity contribution in [2.45, 2.75) is 6.92 Å². The summed E-state index contributed by atoms with van der Waals surface area (Å²) in [5.74, 6) is -0.239. The van der Waals surface area contributed by atoms with E-state index in [1.807, 2.05) is 0 Å². The number of hydrogen-bond donors (Lipinski definition) is 1. The molecule has 0 bridgehead atoms. The molecule has 5 heteroatoms. The summed E-state index contributed by atoms with van der Waals surface area (Å²) in [6.07, 6.45) is 0. The first kappa shape index (κ1) is 10.5. The number of likely N-dealkylation sites (N-methyl/N-ethyl adjacent to an activating group) is 1. The Labute approximate surface area is 92.9 Å². The van der Waals surface area contributed by atoms with Gasteiger partial charge in [-0.15, -0.1) is 0 Å². The lowest BCUT2D eigenvalue weighted by molar-refractivity contribution is -0.124. The maximum absolute atomic E-state index is 11.8. The fourth-order valence-corrected chi connectivity index (χ4v) is 1.73. The van der Waals surface area contributed by atoms with Gasteiger partial charge in [-0.25, -0.2) is 4.79 Å². The SMILES string of the molecule is CCN1C(=O)CN(c2ccccc2O)C1=O. The molecule has 0 aromatic heterocycles. The van der Waals surface area contributed by atoms with E-state index in [1.165, 1.54) is 11.0 Å². The predicted molar refractivity (Wildman–Crippen MR) is 58.2 cm³/mol. The molecular weight excluding hydrogens is 208 g/mol. The first-order valence-corrected chi connectivity index (χ1v) is 5.05. The lowest BCUT2D eigenvalue weighted by Gasteiger charge is -2.16. The van der Waals surface area contributed by atoms with Crippen molar-refractivity contribution >= 4 is 17.6 Å². The Morgan fingerprint density at radius 3 is 2.56 bits per heavy atom.